The molecule has 202 valence electrons. The van der Waals surface area contributed by atoms with Gasteiger partial charge in [0.15, 0.2) is 0 Å². The monoisotopic (exact) mass is 539 g/mol. The van der Waals surface area contributed by atoms with Crippen LogP contribution in [0, 0.1) is 24.0 Å². The summed E-state index contributed by atoms with van der Waals surface area (Å²) in [5.74, 6) is 0.310. The lowest BCUT2D eigenvalue weighted by Crippen LogP contribution is -2.47. The number of anilines is 4. The van der Waals surface area contributed by atoms with Gasteiger partial charge in [-0.2, -0.15) is 4.31 Å². The largest absolute Gasteiger partial charge is 0.368 e. The van der Waals surface area contributed by atoms with E-state index in [0.29, 0.717) is 45.0 Å². The zero-order valence-electron chi connectivity index (χ0n) is 22.1. The maximum atomic E-state index is 12.8. The molecule has 38 heavy (non-hydrogen) atoms. The maximum absolute atomic E-state index is 12.8. The minimum Gasteiger partial charge on any atom is -0.368 e. The van der Waals surface area contributed by atoms with Gasteiger partial charge in [0, 0.05) is 50.6 Å². The van der Waals surface area contributed by atoms with E-state index in [4.69, 9.17) is 0 Å². The lowest BCUT2D eigenvalue weighted by molar-refractivity contribution is -0.383. The van der Waals surface area contributed by atoms with Gasteiger partial charge in [-0.25, -0.2) is 18.4 Å². The average Bonchev–Trinajstić information content (AvgIpc) is 2.91. The molecule has 0 aliphatic carbocycles. The third-order valence-electron chi connectivity index (χ3n) is 6.94. The molecule has 2 heterocycles. The van der Waals surface area contributed by atoms with E-state index in [0.717, 1.165) is 0 Å². The molecular weight excluding hydrogens is 506 g/mol. The number of sulfonamides is 1. The number of hydrogen-bond donors (Lipinski definition) is 1. The molecule has 0 spiro atoms. The molecule has 1 aromatic heterocycles. The fraction of sp³-hybridized carbons (Fsp3) is 0.385. The highest BCUT2D eigenvalue weighted by Gasteiger charge is 2.30. The van der Waals surface area contributed by atoms with Crippen LogP contribution in [-0.2, 0) is 10.0 Å². The second-order valence-corrected chi connectivity index (χ2v) is 11.0. The van der Waals surface area contributed by atoms with Crippen LogP contribution in [0.1, 0.15) is 25.0 Å². The molecule has 1 saturated heterocycles. The molecule has 4 rings (SSSR count). The first kappa shape index (κ1) is 27.3. The molecule has 0 atom stereocenters. The number of nitrogens with one attached hydrogen (secondary N) is 1. The quantitative estimate of drug-likeness (QED) is 0.316. The summed E-state index contributed by atoms with van der Waals surface area (Å²) in [6.45, 7) is 11.1. The van der Waals surface area contributed by atoms with Gasteiger partial charge in [-0.1, -0.05) is 26.0 Å². The van der Waals surface area contributed by atoms with Crippen LogP contribution < -0.4 is 15.1 Å². The van der Waals surface area contributed by atoms with Crippen LogP contribution in [0.3, 0.4) is 0 Å². The van der Waals surface area contributed by atoms with Crippen molar-refractivity contribution in [2.45, 2.75) is 32.6 Å². The van der Waals surface area contributed by atoms with Gasteiger partial charge in [0.2, 0.25) is 21.7 Å². The van der Waals surface area contributed by atoms with Crippen molar-refractivity contribution >= 4 is 38.7 Å². The van der Waals surface area contributed by atoms with Crippen LogP contribution in [0.2, 0.25) is 0 Å². The van der Waals surface area contributed by atoms with Crippen LogP contribution in [-0.4, -0.2) is 66.9 Å². The molecule has 3 aromatic rings. The van der Waals surface area contributed by atoms with Crippen LogP contribution in [0.25, 0.3) is 0 Å². The Morgan fingerprint density at radius 2 is 1.61 bits per heavy atom. The number of aromatic nitrogens is 2. The summed E-state index contributed by atoms with van der Waals surface area (Å²) in [6.07, 6.45) is 1.31. The number of piperazine rings is 1. The zero-order chi connectivity index (χ0) is 27.4. The molecule has 0 saturated carbocycles. The standard InChI is InChI=1S/C26H33N7O4S/c1-5-32(6-2)38(36,37)22-12-10-21(11-13-22)29-25-24(33(34)35)26(28-18-27-25)31-16-14-30(15-17-31)23-9-7-8-19(3)20(23)4/h7-13,18H,5-6,14-17H2,1-4H3,(H,27,28,29). The summed E-state index contributed by atoms with van der Waals surface area (Å²) in [6, 6.07) is 12.3. The molecule has 2 aromatic carbocycles. The second kappa shape index (κ2) is 11.3. The van der Waals surface area contributed by atoms with E-state index < -0.39 is 14.9 Å². The highest BCUT2D eigenvalue weighted by Crippen LogP contribution is 2.35. The molecule has 11 nitrogen and oxygen atoms in total. The minimum absolute atomic E-state index is 0.0521. The van der Waals surface area contributed by atoms with Crippen LogP contribution in [0.5, 0.6) is 0 Å². The van der Waals surface area contributed by atoms with Crippen molar-refractivity contribution in [1.29, 1.82) is 0 Å². The molecule has 0 unspecified atom stereocenters. The molecule has 0 amide bonds. The van der Waals surface area contributed by atoms with Gasteiger partial charge in [-0.15, -0.1) is 0 Å². The number of benzene rings is 2. The third kappa shape index (κ3) is 5.41. The maximum Gasteiger partial charge on any atom is 0.353 e. The highest BCUT2D eigenvalue weighted by atomic mass is 32.2. The normalized spacial score (nSPS) is 14.1. The van der Waals surface area contributed by atoms with Gasteiger partial charge in [-0.05, 0) is 55.3 Å². The van der Waals surface area contributed by atoms with Crippen molar-refractivity contribution < 1.29 is 13.3 Å². The van der Waals surface area contributed by atoms with Gasteiger partial charge in [0.25, 0.3) is 0 Å². The molecule has 0 radical (unpaired) electrons. The van der Waals surface area contributed by atoms with E-state index in [1.165, 1.54) is 39.6 Å². The van der Waals surface area contributed by atoms with Crippen molar-refractivity contribution in [3.05, 3.63) is 70.0 Å². The second-order valence-electron chi connectivity index (χ2n) is 9.08. The Morgan fingerprint density at radius 1 is 0.974 bits per heavy atom. The molecule has 0 bridgehead atoms. The first-order valence-corrected chi connectivity index (χ1v) is 14.0. The van der Waals surface area contributed by atoms with Gasteiger partial charge in [-0.3, -0.25) is 10.1 Å². The van der Waals surface area contributed by atoms with Crippen LogP contribution in [0.15, 0.2) is 53.7 Å². The van der Waals surface area contributed by atoms with Gasteiger partial charge in [0.05, 0.1) is 9.82 Å². The van der Waals surface area contributed by atoms with E-state index in [1.54, 1.807) is 26.0 Å². The Hall–Kier alpha value is -3.77. The first-order chi connectivity index (χ1) is 18.2. The molecule has 12 heteroatoms. The van der Waals surface area contributed by atoms with E-state index in [-0.39, 0.29) is 22.2 Å². The number of nitrogens with zero attached hydrogens (tertiary/aromatic N) is 6. The Bertz CT molecular complexity index is 1400. The fourth-order valence-electron chi connectivity index (χ4n) is 4.66. The lowest BCUT2D eigenvalue weighted by Gasteiger charge is -2.37. The SMILES string of the molecule is CCN(CC)S(=O)(=O)c1ccc(Nc2ncnc(N3CCN(c4cccc(C)c4C)CC3)c2[N+](=O)[O-])cc1. The predicted molar refractivity (Wildman–Crippen MR) is 149 cm³/mol. The number of aryl methyl sites for hydroxylation is 1. The van der Waals surface area contributed by atoms with Crippen molar-refractivity contribution in [1.82, 2.24) is 14.3 Å². The molecular formula is C26H33N7O4S. The van der Waals surface area contributed by atoms with Crippen LogP contribution >= 0.6 is 0 Å². The summed E-state index contributed by atoms with van der Waals surface area (Å²) in [7, 11) is -3.60. The number of nitro groups is 1. The molecule has 1 fully saturated rings. The van der Waals surface area contributed by atoms with Gasteiger partial charge in [0.1, 0.15) is 6.33 Å². The summed E-state index contributed by atoms with van der Waals surface area (Å²) < 4.78 is 26.9. The van der Waals surface area contributed by atoms with E-state index in [9.17, 15) is 18.5 Å². The van der Waals surface area contributed by atoms with Crippen LogP contribution in [0.4, 0.5) is 28.7 Å². The number of rotatable bonds is 9. The third-order valence-corrected chi connectivity index (χ3v) is 9.01. The zero-order valence-corrected chi connectivity index (χ0v) is 22.9. The Labute approximate surface area is 223 Å². The Morgan fingerprint density at radius 3 is 2.21 bits per heavy atom. The van der Waals surface area contributed by atoms with Gasteiger partial charge >= 0.3 is 5.69 Å². The summed E-state index contributed by atoms with van der Waals surface area (Å²) >= 11 is 0. The van der Waals surface area contributed by atoms with Crippen molar-refractivity contribution in [3.8, 4) is 0 Å². The topological polar surface area (TPSA) is 125 Å². The Kier molecular flexibility index (Phi) is 8.12. The molecule has 1 N–H and O–H groups in total. The van der Waals surface area contributed by atoms with Gasteiger partial charge < -0.3 is 15.1 Å². The van der Waals surface area contributed by atoms with E-state index in [2.05, 4.69) is 46.2 Å². The van der Waals surface area contributed by atoms with E-state index in [1.807, 2.05) is 11.0 Å². The van der Waals surface area contributed by atoms with Crippen molar-refractivity contribution in [3.63, 3.8) is 0 Å². The lowest BCUT2D eigenvalue weighted by atomic mass is 10.1. The first-order valence-electron chi connectivity index (χ1n) is 12.6. The van der Waals surface area contributed by atoms with Crippen molar-refractivity contribution in [2.24, 2.45) is 0 Å². The highest BCUT2D eigenvalue weighted by molar-refractivity contribution is 7.89. The predicted octanol–water partition coefficient (Wildman–Crippen LogP) is 4.10. The smallest absolute Gasteiger partial charge is 0.353 e. The van der Waals surface area contributed by atoms with E-state index >= 15 is 0 Å². The fourth-order valence-corrected chi connectivity index (χ4v) is 6.12. The molecule has 1 aliphatic rings. The number of hydrogen-bond acceptors (Lipinski definition) is 9. The molecule has 1 aliphatic heterocycles. The Balaban J connectivity index is 1.54. The minimum atomic E-state index is -3.60. The average molecular weight is 540 g/mol. The summed E-state index contributed by atoms with van der Waals surface area (Å²) in [5, 5.41) is 15.1. The summed E-state index contributed by atoms with van der Waals surface area (Å²) in [4.78, 5) is 24.4. The van der Waals surface area contributed by atoms with Crippen molar-refractivity contribution in [2.75, 3.05) is 54.4 Å². The summed E-state index contributed by atoms with van der Waals surface area (Å²) in [5.41, 5.74) is 3.90.